The molecule has 0 aliphatic carbocycles. The van der Waals surface area contributed by atoms with Crippen molar-refractivity contribution in [1.29, 1.82) is 0 Å². The van der Waals surface area contributed by atoms with E-state index in [9.17, 15) is 0 Å². The molecule has 0 atom stereocenters. The Morgan fingerprint density at radius 1 is 0.944 bits per heavy atom. The molecule has 0 aromatic heterocycles. The van der Waals surface area contributed by atoms with Gasteiger partial charge in [0.05, 0.1) is 0 Å². The van der Waals surface area contributed by atoms with Crippen molar-refractivity contribution < 1.29 is 0 Å². The number of rotatable bonds is 3. The van der Waals surface area contributed by atoms with E-state index >= 15 is 0 Å². The summed E-state index contributed by atoms with van der Waals surface area (Å²) in [6.45, 7) is 2.65. The van der Waals surface area contributed by atoms with Crippen LogP contribution < -0.4 is 5.32 Å². The molecule has 2 rings (SSSR count). The summed E-state index contributed by atoms with van der Waals surface area (Å²) in [4.78, 5) is 0. The number of anilines is 1. The normalized spacial score (nSPS) is 10.4. The van der Waals surface area contributed by atoms with Gasteiger partial charge in [0.2, 0.25) is 0 Å². The number of aryl methyl sites for hydroxylation is 1. The third kappa shape index (κ3) is 3.55. The van der Waals surface area contributed by atoms with Crippen molar-refractivity contribution in [2.24, 2.45) is 0 Å². The summed E-state index contributed by atoms with van der Waals surface area (Å²) in [6, 6.07) is 11.4. The van der Waals surface area contributed by atoms with Crippen LogP contribution in [0.4, 0.5) is 5.69 Å². The third-order valence-corrected chi connectivity index (χ3v) is 3.34. The molecule has 0 radical (unpaired) electrons. The van der Waals surface area contributed by atoms with Crippen molar-refractivity contribution in [2.45, 2.75) is 13.5 Å². The average Bonchev–Trinajstić information content (AvgIpc) is 2.26. The van der Waals surface area contributed by atoms with Crippen LogP contribution in [0.25, 0.3) is 0 Å². The molecule has 1 N–H and O–H groups in total. The minimum atomic E-state index is 0.611. The van der Waals surface area contributed by atoms with Gasteiger partial charge in [-0.3, -0.25) is 0 Å². The maximum absolute atomic E-state index is 6.17. The van der Waals surface area contributed by atoms with Crippen LogP contribution >= 0.6 is 34.8 Å². The maximum atomic E-state index is 6.17. The SMILES string of the molecule is Cc1ccc(CNc2cc(Cl)cc(Cl)c2)c(Cl)c1. The molecule has 1 nitrogen and oxygen atoms in total. The lowest BCUT2D eigenvalue weighted by Gasteiger charge is -2.09. The smallest absolute Gasteiger partial charge is 0.0458 e. The third-order valence-electron chi connectivity index (χ3n) is 2.55. The topological polar surface area (TPSA) is 12.0 Å². The van der Waals surface area contributed by atoms with Crippen LogP contribution in [0.2, 0.25) is 15.1 Å². The van der Waals surface area contributed by atoms with Gasteiger partial charge in [-0.2, -0.15) is 0 Å². The van der Waals surface area contributed by atoms with Gasteiger partial charge >= 0.3 is 0 Å². The first-order chi connectivity index (χ1) is 8.54. The van der Waals surface area contributed by atoms with E-state index in [1.165, 1.54) is 0 Å². The highest BCUT2D eigenvalue weighted by atomic mass is 35.5. The van der Waals surface area contributed by atoms with E-state index in [1.807, 2.05) is 37.3 Å². The Bertz CT molecular complexity index is 547. The number of halogens is 3. The number of benzene rings is 2. The summed E-state index contributed by atoms with van der Waals surface area (Å²) in [7, 11) is 0. The summed E-state index contributed by atoms with van der Waals surface area (Å²) >= 11 is 18.0. The lowest BCUT2D eigenvalue weighted by molar-refractivity contribution is 1.14. The van der Waals surface area contributed by atoms with Gasteiger partial charge < -0.3 is 5.32 Å². The summed E-state index contributed by atoms with van der Waals surface area (Å²) in [5.74, 6) is 0. The summed E-state index contributed by atoms with van der Waals surface area (Å²) in [5.41, 5.74) is 3.07. The van der Waals surface area contributed by atoms with Crippen molar-refractivity contribution in [1.82, 2.24) is 0 Å². The van der Waals surface area contributed by atoms with Crippen molar-refractivity contribution in [2.75, 3.05) is 5.32 Å². The molecule has 0 unspecified atom stereocenters. The molecule has 94 valence electrons. The molecule has 0 fully saturated rings. The predicted octanol–water partition coefficient (Wildman–Crippen LogP) is 5.57. The molecule has 0 spiro atoms. The zero-order valence-corrected chi connectivity index (χ0v) is 12.1. The Morgan fingerprint density at radius 2 is 1.61 bits per heavy atom. The molecule has 0 aliphatic rings. The second-order valence-electron chi connectivity index (χ2n) is 4.11. The Hall–Kier alpha value is -0.890. The van der Waals surface area contributed by atoms with Crippen LogP contribution in [0.5, 0.6) is 0 Å². The van der Waals surface area contributed by atoms with E-state index in [0.29, 0.717) is 16.6 Å². The summed E-state index contributed by atoms with van der Waals surface area (Å²) in [6.07, 6.45) is 0. The molecule has 0 bridgehead atoms. The second-order valence-corrected chi connectivity index (χ2v) is 5.39. The van der Waals surface area contributed by atoms with Crippen molar-refractivity contribution in [3.05, 3.63) is 62.6 Å². The molecule has 2 aromatic carbocycles. The number of nitrogens with one attached hydrogen (secondary N) is 1. The molecule has 18 heavy (non-hydrogen) atoms. The second kappa shape index (κ2) is 5.83. The van der Waals surface area contributed by atoms with Crippen LogP contribution in [-0.2, 0) is 6.54 Å². The fourth-order valence-corrected chi connectivity index (χ4v) is 2.48. The lowest BCUT2D eigenvalue weighted by Crippen LogP contribution is -2.00. The lowest BCUT2D eigenvalue weighted by atomic mass is 10.1. The minimum Gasteiger partial charge on any atom is -0.381 e. The fraction of sp³-hybridized carbons (Fsp3) is 0.143. The highest BCUT2D eigenvalue weighted by Crippen LogP contribution is 2.24. The molecular formula is C14H12Cl3N. The van der Waals surface area contributed by atoms with Crippen LogP contribution in [-0.4, -0.2) is 0 Å². The Labute approximate surface area is 122 Å². The molecule has 0 heterocycles. The van der Waals surface area contributed by atoms with E-state index in [1.54, 1.807) is 6.07 Å². The molecule has 0 saturated heterocycles. The summed E-state index contributed by atoms with van der Waals surface area (Å²) in [5, 5.41) is 5.23. The first-order valence-corrected chi connectivity index (χ1v) is 6.63. The molecule has 2 aromatic rings. The largest absolute Gasteiger partial charge is 0.381 e. The van der Waals surface area contributed by atoms with Gasteiger partial charge in [-0.25, -0.2) is 0 Å². The standard InChI is InChI=1S/C14H12Cl3N/c1-9-2-3-10(14(17)4-9)8-18-13-6-11(15)5-12(16)7-13/h2-7,18H,8H2,1H3. The molecule has 4 heteroatoms. The average molecular weight is 301 g/mol. The van der Waals surface area contributed by atoms with Crippen LogP contribution in [0.1, 0.15) is 11.1 Å². The van der Waals surface area contributed by atoms with Crippen LogP contribution in [0, 0.1) is 6.92 Å². The Morgan fingerprint density at radius 3 is 2.22 bits per heavy atom. The first-order valence-electron chi connectivity index (χ1n) is 5.49. The highest BCUT2D eigenvalue weighted by Gasteiger charge is 2.02. The Kier molecular flexibility index (Phi) is 4.39. The minimum absolute atomic E-state index is 0.611. The van der Waals surface area contributed by atoms with Crippen molar-refractivity contribution >= 4 is 40.5 Å². The maximum Gasteiger partial charge on any atom is 0.0458 e. The van der Waals surface area contributed by atoms with Gasteiger partial charge in [0.1, 0.15) is 0 Å². The van der Waals surface area contributed by atoms with Gasteiger partial charge in [0, 0.05) is 27.3 Å². The van der Waals surface area contributed by atoms with E-state index in [4.69, 9.17) is 34.8 Å². The number of hydrogen-bond donors (Lipinski definition) is 1. The summed E-state index contributed by atoms with van der Waals surface area (Å²) < 4.78 is 0. The number of hydrogen-bond acceptors (Lipinski definition) is 1. The molecule has 0 saturated carbocycles. The quantitative estimate of drug-likeness (QED) is 0.781. The highest BCUT2D eigenvalue weighted by molar-refractivity contribution is 6.35. The Balaban J connectivity index is 2.11. The van der Waals surface area contributed by atoms with Crippen LogP contribution in [0.15, 0.2) is 36.4 Å². The van der Waals surface area contributed by atoms with E-state index in [0.717, 1.165) is 21.8 Å². The molecule has 0 amide bonds. The van der Waals surface area contributed by atoms with E-state index in [-0.39, 0.29) is 0 Å². The molecular weight excluding hydrogens is 289 g/mol. The van der Waals surface area contributed by atoms with Crippen LogP contribution in [0.3, 0.4) is 0 Å². The van der Waals surface area contributed by atoms with E-state index in [2.05, 4.69) is 5.32 Å². The zero-order chi connectivity index (χ0) is 13.1. The van der Waals surface area contributed by atoms with Gasteiger partial charge in [0.25, 0.3) is 0 Å². The fourth-order valence-electron chi connectivity index (χ4n) is 1.65. The van der Waals surface area contributed by atoms with Gasteiger partial charge in [-0.05, 0) is 42.3 Å². The van der Waals surface area contributed by atoms with E-state index < -0.39 is 0 Å². The monoisotopic (exact) mass is 299 g/mol. The van der Waals surface area contributed by atoms with Crippen molar-refractivity contribution in [3.63, 3.8) is 0 Å². The van der Waals surface area contributed by atoms with Crippen molar-refractivity contribution in [3.8, 4) is 0 Å². The first kappa shape index (κ1) is 13.5. The predicted molar refractivity (Wildman–Crippen MR) is 80.0 cm³/mol. The zero-order valence-electron chi connectivity index (χ0n) is 9.81. The van der Waals surface area contributed by atoms with Gasteiger partial charge in [0.15, 0.2) is 0 Å². The van der Waals surface area contributed by atoms with Gasteiger partial charge in [-0.1, -0.05) is 46.9 Å². The van der Waals surface area contributed by atoms with Gasteiger partial charge in [-0.15, -0.1) is 0 Å². The molecule has 0 aliphatic heterocycles.